The van der Waals surface area contributed by atoms with E-state index >= 15 is 0 Å². The largest absolute Gasteiger partial charge is 0.385 e. The van der Waals surface area contributed by atoms with Crippen LogP contribution >= 0.6 is 0 Å². The van der Waals surface area contributed by atoms with Gasteiger partial charge in [-0.15, -0.1) is 0 Å². The molecule has 2 rings (SSSR count). The molecule has 1 aromatic rings. The van der Waals surface area contributed by atoms with Crippen LogP contribution in [0.5, 0.6) is 0 Å². The summed E-state index contributed by atoms with van der Waals surface area (Å²) in [6.07, 6.45) is 0. The molecule has 5 nitrogen and oxygen atoms in total. The summed E-state index contributed by atoms with van der Waals surface area (Å²) in [6.45, 7) is 5.16. The number of urea groups is 1. The SMILES string of the molecule is COCC(C)CNc1cccc(N2CCNC2=O)c1. The molecule has 5 heteroatoms. The second kappa shape index (κ2) is 6.43. The summed E-state index contributed by atoms with van der Waals surface area (Å²) in [7, 11) is 1.71. The number of amides is 2. The van der Waals surface area contributed by atoms with Gasteiger partial charge in [0.25, 0.3) is 0 Å². The van der Waals surface area contributed by atoms with Crippen molar-refractivity contribution in [3.63, 3.8) is 0 Å². The second-order valence-corrected chi connectivity index (χ2v) is 4.88. The molecule has 0 spiro atoms. The van der Waals surface area contributed by atoms with Crippen LogP contribution in [0.25, 0.3) is 0 Å². The minimum atomic E-state index is -0.0232. The molecular formula is C14H21N3O2. The monoisotopic (exact) mass is 263 g/mol. The molecule has 0 aliphatic carbocycles. The number of ether oxygens (including phenoxy) is 1. The van der Waals surface area contributed by atoms with E-state index in [9.17, 15) is 4.79 Å². The summed E-state index contributed by atoms with van der Waals surface area (Å²) >= 11 is 0. The minimum absolute atomic E-state index is 0.0232. The van der Waals surface area contributed by atoms with Gasteiger partial charge in [-0.1, -0.05) is 13.0 Å². The van der Waals surface area contributed by atoms with Gasteiger partial charge >= 0.3 is 6.03 Å². The van der Waals surface area contributed by atoms with E-state index in [0.29, 0.717) is 12.5 Å². The topological polar surface area (TPSA) is 53.6 Å². The standard InChI is InChI=1S/C14H21N3O2/c1-11(10-19-2)9-16-12-4-3-5-13(8-12)17-7-6-15-14(17)18/h3-5,8,11,16H,6-7,9-10H2,1-2H3,(H,15,18). The van der Waals surface area contributed by atoms with Crippen molar-refractivity contribution in [2.75, 3.05) is 43.6 Å². The third-order valence-corrected chi connectivity index (χ3v) is 3.12. The molecule has 1 saturated heterocycles. The van der Waals surface area contributed by atoms with Gasteiger partial charge in [-0.2, -0.15) is 0 Å². The number of hydrogen-bond acceptors (Lipinski definition) is 3. The third-order valence-electron chi connectivity index (χ3n) is 3.12. The molecule has 0 radical (unpaired) electrons. The van der Waals surface area contributed by atoms with Crippen molar-refractivity contribution in [1.82, 2.24) is 5.32 Å². The first-order valence-corrected chi connectivity index (χ1v) is 6.59. The van der Waals surface area contributed by atoms with Gasteiger partial charge in [0.05, 0.1) is 6.61 Å². The highest BCUT2D eigenvalue weighted by Gasteiger charge is 2.20. The van der Waals surface area contributed by atoms with Crippen LogP contribution in [-0.4, -0.2) is 39.4 Å². The quantitative estimate of drug-likeness (QED) is 0.824. The number of methoxy groups -OCH3 is 1. The number of carbonyl (C=O) groups excluding carboxylic acids is 1. The first kappa shape index (κ1) is 13.7. The molecule has 0 aromatic heterocycles. The molecule has 1 unspecified atom stereocenters. The number of rotatable bonds is 6. The van der Waals surface area contributed by atoms with Crippen LogP contribution in [0.3, 0.4) is 0 Å². The molecular weight excluding hydrogens is 242 g/mol. The van der Waals surface area contributed by atoms with Gasteiger partial charge in [0.1, 0.15) is 0 Å². The molecule has 0 saturated carbocycles. The lowest BCUT2D eigenvalue weighted by Gasteiger charge is -2.17. The van der Waals surface area contributed by atoms with Crippen molar-refractivity contribution in [2.24, 2.45) is 5.92 Å². The highest BCUT2D eigenvalue weighted by molar-refractivity contribution is 5.94. The normalized spacial score (nSPS) is 16.3. The van der Waals surface area contributed by atoms with Gasteiger partial charge in [0.2, 0.25) is 0 Å². The fourth-order valence-corrected chi connectivity index (χ4v) is 2.14. The highest BCUT2D eigenvalue weighted by atomic mass is 16.5. The zero-order chi connectivity index (χ0) is 13.7. The number of hydrogen-bond donors (Lipinski definition) is 2. The van der Waals surface area contributed by atoms with E-state index in [2.05, 4.69) is 17.6 Å². The summed E-state index contributed by atoms with van der Waals surface area (Å²) in [5.74, 6) is 0.448. The lowest BCUT2D eigenvalue weighted by Crippen LogP contribution is -2.27. The molecule has 1 aromatic carbocycles. The second-order valence-electron chi connectivity index (χ2n) is 4.88. The van der Waals surface area contributed by atoms with Crippen LogP contribution in [-0.2, 0) is 4.74 Å². The van der Waals surface area contributed by atoms with Crippen LogP contribution in [0.1, 0.15) is 6.92 Å². The maximum absolute atomic E-state index is 11.6. The molecule has 1 atom stereocenters. The Hall–Kier alpha value is -1.75. The molecule has 2 amide bonds. The maximum Gasteiger partial charge on any atom is 0.321 e. The Kier molecular flexibility index (Phi) is 4.63. The average Bonchev–Trinajstić information content (AvgIpc) is 2.83. The van der Waals surface area contributed by atoms with Gasteiger partial charge in [-0.25, -0.2) is 4.79 Å². The van der Waals surface area contributed by atoms with E-state index in [-0.39, 0.29) is 6.03 Å². The van der Waals surface area contributed by atoms with Gasteiger partial charge in [0, 0.05) is 38.1 Å². The third kappa shape index (κ3) is 3.61. The Morgan fingerprint density at radius 1 is 1.53 bits per heavy atom. The molecule has 19 heavy (non-hydrogen) atoms. The molecule has 1 aliphatic rings. The van der Waals surface area contributed by atoms with Crippen LogP contribution in [0.2, 0.25) is 0 Å². The number of benzene rings is 1. The summed E-state index contributed by atoms with van der Waals surface area (Å²) in [6, 6.07) is 7.91. The van der Waals surface area contributed by atoms with Gasteiger partial charge in [0.15, 0.2) is 0 Å². The van der Waals surface area contributed by atoms with E-state index in [4.69, 9.17) is 4.74 Å². The Labute approximate surface area is 113 Å². The van der Waals surface area contributed by atoms with E-state index in [1.807, 2.05) is 24.3 Å². The van der Waals surface area contributed by atoms with Crippen LogP contribution in [0, 0.1) is 5.92 Å². The Bertz CT molecular complexity index is 436. The fraction of sp³-hybridized carbons (Fsp3) is 0.500. The van der Waals surface area contributed by atoms with Crippen molar-refractivity contribution in [3.8, 4) is 0 Å². The van der Waals surface area contributed by atoms with Crippen molar-refractivity contribution in [3.05, 3.63) is 24.3 Å². The maximum atomic E-state index is 11.6. The summed E-state index contributed by atoms with van der Waals surface area (Å²) in [5, 5.41) is 6.17. The Morgan fingerprint density at radius 3 is 3.05 bits per heavy atom. The minimum Gasteiger partial charge on any atom is -0.385 e. The number of nitrogens with one attached hydrogen (secondary N) is 2. The Balaban J connectivity index is 1.97. The molecule has 2 N–H and O–H groups in total. The fourth-order valence-electron chi connectivity index (χ4n) is 2.14. The highest BCUT2D eigenvalue weighted by Crippen LogP contribution is 2.21. The van der Waals surface area contributed by atoms with Crippen LogP contribution < -0.4 is 15.5 Å². The molecule has 104 valence electrons. The Morgan fingerprint density at radius 2 is 2.37 bits per heavy atom. The lowest BCUT2D eigenvalue weighted by molar-refractivity contribution is 0.164. The van der Waals surface area contributed by atoms with E-state index < -0.39 is 0 Å². The predicted molar refractivity (Wildman–Crippen MR) is 76.7 cm³/mol. The first-order chi connectivity index (χ1) is 9.20. The van der Waals surface area contributed by atoms with E-state index in [1.165, 1.54) is 0 Å². The predicted octanol–water partition coefficient (Wildman–Crippen LogP) is 1.91. The van der Waals surface area contributed by atoms with Crippen LogP contribution in [0.15, 0.2) is 24.3 Å². The van der Waals surface area contributed by atoms with Crippen LogP contribution in [0.4, 0.5) is 16.2 Å². The number of carbonyl (C=O) groups is 1. The average molecular weight is 263 g/mol. The van der Waals surface area contributed by atoms with Crippen molar-refractivity contribution >= 4 is 17.4 Å². The van der Waals surface area contributed by atoms with Gasteiger partial charge < -0.3 is 15.4 Å². The summed E-state index contributed by atoms with van der Waals surface area (Å²) in [5.41, 5.74) is 1.96. The van der Waals surface area contributed by atoms with Gasteiger partial charge in [-0.3, -0.25) is 4.90 Å². The zero-order valence-corrected chi connectivity index (χ0v) is 11.5. The molecule has 1 aliphatic heterocycles. The first-order valence-electron chi connectivity index (χ1n) is 6.59. The number of anilines is 2. The van der Waals surface area contributed by atoms with E-state index in [1.54, 1.807) is 12.0 Å². The van der Waals surface area contributed by atoms with Crippen molar-refractivity contribution in [2.45, 2.75) is 6.92 Å². The number of nitrogens with zero attached hydrogens (tertiary/aromatic N) is 1. The van der Waals surface area contributed by atoms with E-state index in [0.717, 1.165) is 31.1 Å². The zero-order valence-electron chi connectivity index (χ0n) is 11.5. The van der Waals surface area contributed by atoms with Crippen molar-refractivity contribution in [1.29, 1.82) is 0 Å². The lowest BCUT2D eigenvalue weighted by atomic mass is 10.2. The van der Waals surface area contributed by atoms with Crippen molar-refractivity contribution < 1.29 is 9.53 Å². The smallest absolute Gasteiger partial charge is 0.321 e. The molecule has 1 heterocycles. The summed E-state index contributed by atoms with van der Waals surface area (Å²) in [4.78, 5) is 13.4. The van der Waals surface area contributed by atoms with Gasteiger partial charge in [-0.05, 0) is 24.1 Å². The molecule has 1 fully saturated rings. The summed E-state index contributed by atoms with van der Waals surface area (Å²) < 4.78 is 5.11. The molecule has 0 bridgehead atoms.